The SMILES string of the molecule is N#CC(C#N)=c1ccc(=C(c2c3cccccc-3oc2=O)c2c3cccccc-3oc2=O)cc1. The number of furan rings is 2. The first-order valence-corrected chi connectivity index (χ1v) is 10.3. The predicted molar refractivity (Wildman–Crippen MR) is 125 cm³/mol. The molecule has 4 aliphatic rings. The van der Waals surface area contributed by atoms with Gasteiger partial charge in [-0.3, -0.25) is 0 Å². The van der Waals surface area contributed by atoms with E-state index >= 15 is 0 Å². The number of benzene rings is 1. The van der Waals surface area contributed by atoms with Gasteiger partial charge < -0.3 is 8.83 Å². The van der Waals surface area contributed by atoms with E-state index in [0.717, 1.165) is 0 Å². The van der Waals surface area contributed by atoms with Gasteiger partial charge in [-0.25, -0.2) is 9.59 Å². The molecule has 2 aliphatic carbocycles. The second kappa shape index (κ2) is 8.38. The molecule has 0 saturated heterocycles. The summed E-state index contributed by atoms with van der Waals surface area (Å²) in [5, 5.41) is 19.4. The summed E-state index contributed by atoms with van der Waals surface area (Å²) in [5.74, 6) is 0.768. The first-order valence-electron chi connectivity index (χ1n) is 10.3. The van der Waals surface area contributed by atoms with Crippen molar-refractivity contribution >= 4 is 11.1 Å². The van der Waals surface area contributed by atoms with E-state index in [-0.39, 0.29) is 16.7 Å². The van der Waals surface area contributed by atoms with Gasteiger partial charge >= 0.3 is 11.3 Å². The van der Waals surface area contributed by atoms with Gasteiger partial charge in [0.05, 0.1) is 11.1 Å². The Morgan fingerprint density at radius 3 is 1.50 bits per heavy atom. The molecule has 0 fully saturated rings. The molecule has 160 valence electrons. The van der Waals surface area contributed by atoms with Crippen molar-refractivity contribution in [1.29, 1.82) is 10.5 Å². The summed E-state index contributed by atoms with van der Waals surface area (Å²) in [6.07, 6.45) is 0. The lowest BCUT2D eigenvalue weighted by Gasteiger charge is -2.06. The first-order chi connectivity index (χ1) is 16.6. The fourth-order valence-corrected chi connectivity index (χ4v) is 4.02. The molecule has 0 aromatic heterocycles. The Kier molecular flexibility index (Phi) is 5.10. The Hall–Kier alpha value is -5.20. The Labute approximate surface area is 192 Å². The van der Waals surface area contributed by atoms with Gasteiger partial charge in [0.25, 0.3) is 0 Å². The van der Waals surface area contributed by atoms with Crippen molar-refractivity contribution in [2.24, 2.45) is 0 Å². The van der Waals surface area contributed by atoms with Gasteiger partial charge in [0, 0.05) is 21.9 Å². The summed E-state index contributed by atoms with van der Waals surface area (Å²) in [6.45, 7) is 0. The normalized spacial score (nSPS) is 10.5. The van der Waals surface area contributed by atoms with Crippen LogP contribution in [0.2, 0.25) is 0 Å². The quantitative estimate of drug-likeness (QED) is 0.415. The van der Waals surface area contributed by atoms with Crippen LogP contribution in [0, 0.1) is 22.7 Å². The summed E-state index contributed by atoms with van der Waals surface area (Å²) in [7, 11) is 0. The van der Waals surface area contributed by atoms with E-state index in [9.17, 15) is 20.1 Å². The van der Waals surface area contributed by atoms with Crippen molar-refractivity contribution in [3.63, 3.8) is 0 Å². The lowest BCUT2D eigenvalue weighted by molar-refractivity contribution is 0.542. The molecule has 0 amide bonds. The van der Waals surface area contributed by atoms with Gasteiger partial charge in [0.1, 0.15) is 29.2 Å². The number of nitriles is 2. The van der Waals surface area contributed by atoms with Gasteiger partial charge in [0.2, 0.25) is 0 Å². The highest BCUT2D eigenvalue weighted by Crippen LogP contribution is 2.34. The molecular weight excluding hydrogens is 428 g/mol. The highest BCUT2D eigenvalue weighted by molar-refractivity contribution is 5.92. The Bertz CT molecular complexity index is 1700. The summed E-state index contributed by atoms with van der Waals surface area (Å²) in [6, 6.07) is 27.9. The highest BCUT2D eigenvalue weighted by Gasteiger charge is 2.28. The van der Waals surface area contributed by atoms with Crippen LogP contribution >= 0.6 is 0 Å². The van der Waals surface area contributed by atoms with E-state index in [0.29, 0.717) is 38.7 Å². The number of fused-ring (bicyclic) bond motifs is 2. The minimum atomic E-state index is -0.587. The van der Waals surface area contributed by atoms with Crippen LogP contribution in [0.3, 0.4) is 0 Å². The fraction of sp³-hybridized carbons (Fsp3) is 0. The Morgan fingerprint density at radius 1 is 0.588 bits per heavy atom. The van der Waals surface area contributed by atoms with Gasteiger partial charge in [-0.15, -0.1) is 0 Å². The van der Waals surface area contributed by atoms with Crippen LogP contribution in [0.25, 0.3) is 33.8 Å². The monoisotopic (exact) mass is 442 g/mol. The lowest BCUT2D eigenvalue weighted by Crippen LogP contribution is -2.19. The van der Waals surface area contributed by atoms with Crippen molar-refractivity contribution in [2.75, 3.05) is 0 Å². The fourth-order valence-electron chi connectivity index (χ4n) is 4.02. The highest BCUT2D eigenvalue weighted by atomic mass is 16.4. The topological polar surface area (TPSA) is 108 Å². The second-order valence-electron chi connectivity index (χ2n) is 7.46. The molecule has 2 aliphatic heterocycles. The van der Waals surface area contributed by atoms with Crippen LogP contribution in [-0.4, -0.2) is 0 Å². The van der Waals surface area contributed by atoms with Crippen LogP contribution in [0.15, 0.2) is 103 Å². The largest absolute Gasteiger partial charge is 0.422 e. The molecule has 0 unspecified atom stereocenters. The minimum absolute atomic E-state index is 0.0382. The molecule has 6 heteroatoms. The first kappa shape index (κ1) is 20.7. The summed E-state index contributed by atoms with van der Waals surface area (Å²) >= 11 is 0. The summed E-state index contributed by atoms with van der Waals surface area (Å²) in [4.78, 5) is 26.2. The Balaban J connectivity index is 1.96. The van der Waals surface area contributed by atoms with E-state index in [1.54, 1.807) is 72.8 Å². The zero-order valence-electron chi connectivity index (χ0n) is 17.6. The summed E-state index contributed by atoms with van der Waals surface area (Å²) < 4.78 is 11.1. The average Bonchev–Trinajstić information content (AvgIpc) is 3.09. The van der Waals surface area contributed by atoms with Crippen molar-refractivity contribution < 1.29 is 8.83 Å². The molecule has 0 N–H and O–H groups in total. The van der Waals surface area contributed by atoms with E-state index in [4.69, 9.17) is 8.83 Å². The van der Waals surface area contributed by atoms with Crippen molar-refractivity contribution in [1.82, 2.24) is 0 Å². The zero-order valence-corrected chi connectivity index (χ0v) is 17.6. The van der Waals surface area contributed by atoms with Crippen LogP contribution in [0.5, 0.6) is 0 Å². The van der Waals surface area contributed by atoms with E-state index < -0.39 is 11.3 Å². The molecule has 0 spiro atoms. The molecule has 6 nitrogen and oxygen atoms in total. The van der Waals surface area contributed by atoms with Crippen LogP contribution in [0.1, 0.15) is 11.1 Å². The number of nitrogens with zero attached hydrogens (tertiary/aromatic N) is 2. The van der Waals surface area contributed by atoms with E-state index in [1.165, 1.54) is 0 Å². The van der Waals surface area contributed by atoms with Gasteiger partial charge in [-0.05, 0) is 17.4 Å². The molecular formula is C28H14N2O4. The minimum Gasteiger partial charge on any atom is -0.422 e. The molecule has 5 rings (SSSR count). The molecule has 2 heterocycles. The standard InChI is InChI=1S/C28H14N2O4/c29-15-19(16-30)17-11-13-18(14-12-17)24(25-20-7-3-1-5-9-22(20)33-27(25)31)26-21-8-4-2-6-10-23(21)34-28(26)32/h1-14H. The molecule has 1 aromatic rings. The zero-order chi connectivity index (χ0) is 23.7. The van der Waals surface area contributed by atoms with Crippen LogP contribution in [0.4, 0.5) is 0 Å². The average molecular weight is 442 g/mol. The molecule has 0 radical (unpaired) electrons. The molecule has 0 saturated carbocycles. The van der Waals surface area contributed by atoms with Crippen molar-refractivity contribution in [3.05, 3.63) is 127 Å². The number of rotatable bonds is 2. The van der Waals surface area contributed by atoms with Crippen molar-refractivity contribution in [3.8, 4) is 34.8 Å². The molecule has 34 heavy (non-hydrogen) atoms. The van der Waals surface area contributed by atoms with Gasteiger partial charge in [-0.2, -0.15) is 10.5 Å². The number of hydrogen-bond donors (Lipinski definition) is 0. The van der Waals surface area contributed by atoms with Crippen molar-refractivity contribution in [2.45, 2.75) is 0 Å². The van der Waals surface area contributed by atoms with E-state index in [1.807, 2.05) is 24.3 Å². The van der Waals surface area contributed by atoms with Gasteiger partial charge in [0.15, 0.2) is 0 Å². The van der Waals surface area contributed by atoms with Crippen LogP contribution in [-0.2, 0) is 0 Å². The molecule has 0 atom stereocenters. The smallest absolute Gasteiger partial charge is 0.344 e. The maximum absolute atomic E-state index is 13.1. The third kappa shape index (κ3) is 3.37. The molecule has 0 bridgehead atoms. The maximum Gasteiger partial charge on any atom is 0.344 e. The van der Waals surface area contributed by atoms with Crippen LogP contribution < -0.4 is 21.7 Å². The van der Waals surface area contributed by atoms with E-state index in [2.05, 4.69) is 0 Å². The third-order valence-corrected chi connectivity index (χ3v) is 5.53. The summed E-state index contributed by atoms with van der Waals surface area (Å²) in [5.41, 5.74) is 0.695. The maximum atomic E-state index is 13.1. The Morgan fingerprint density at radius 2 is 1.03 bits per heavy atom. The van der Waals surface area contributed by atoms with Gasteiger partial charge in [-0.1, -0.05) is 72.8 Å². The lowest BCUT2D eigenvalue weighted by atomic mass is 9.92. The number of hydrogen-bond acceptors (Lipinski definition) is 6. The third-order valence-electron chi connectivity index (χ3n) is 5.53. The molecule has 1 aromatic carbocycles. The predicted octanol–water partition coefficient (Wildman–Crippen LogP) is 3.25. The second-order valence-corrected chi connectivity index (χ2v) is 7.46.